The maximum Gasteiger partial charge on any atom is 0.322 e. The summed E-state index contributed by atoms with van der Waals surface area (Å²) >= 11 is 12.2. The van der Waals surface area contributed by atoms with Crippen molar-refractivity contribution in [2.24, 2.45) is 0 Å². The smallest absolute Gasteiger partial charge is 0.322 e. The molecule has 0 bridgehead atoms. The van der Waals surface area contributed by atoms with Gasteiger partial charge >= 0.3 is 6.03 Å². The first-order valence-corrected chi connectivity index (χ1v) is 11.0. The number of nitrogens with zero attached hydrogens (tertiary/aromatic N) is 2. The quantitative estimate of drug-likeness (QED) is 0.352. The zero-order valence-electron chi connectivity index (χ0n) is 17.2. The maximum atomic E-state index is 13.0. The summed E-state index contributed by atoms with van der Waals surface area (Å²) < 4.78 is 2.16. The molecule has 1 N–H and O–H groups in total. The molecule has 158 valence electrons. The van der Waals surface area contributed by atoms with Crippen LogP contribution in [-0.4, -0.2) is 22.0 Å². The number of anilines is 1. The number of nitrogens with one attached hydrogen (secondary N) is 1. The van der Waals surface area contributed by atoms with Crippen molar-refractivity contribution in [1.29, 1.82) is 0 Å². The van der Waals surface area contributed by atoms with Gasteiger partial charge in [0.25, 0.3) is 0 Å². The molecule has 0 radical (unpaired) electrons. The number of hydrogen-bond acceptors (Lipinski definition) is 1. The second-order valence-electron chi connectivity index (χ2n) is 7.33. The van der Waals surface area contributed by atoms with Crippen LogP contribution in [0.1, 0.15) is 37.4 Å². The molecule has 0 fully saturated rings. The Morgan fingerprint density at radius 2 is 1.77 bits per heavy atom. The lowest BCUT2D eigenvalue weighted by molar-refractivity contribution is 0.206. The number of carbonyl (C=O) groups is 1. The summed E-state index contributed by atoms with van der Waals surface area (Å²) in [5.41, 5.74) is 2.90. The van der Waals surface area contributed by atoms with E-state index >= 15 is 0 Å². The summed E-state index contributed by atoms with van der Waals surface area (Å²) in [6.07, 6.45) is 5.20. The van der Waals surface area contributed by atoms with Crippen molar-refractivity contribution in [2.45, 2.75) is 39.3 Å². The number of aromatic nitrogens is 1. The summed E-state index contributed by atoms with van der Waals surface area (Å²) in [5, 5.41) is 4.30. The number of benzene rings is 2. The monoisotopic (exact) mass is 443 g/mol. The minimum atomic E-state index is -0.121. The second kappa shape index (κ2) is 11.1. The largest absolute Gasteiger partial charge is 0.345 e. The average Bonchev–Trinajstić information content (AvgIpc) is 3.14. The van der Waals surface area contributed by atoms with Crippen LogP contribution in [0.2, 0.25) is 10.0 Å². The van der Waals surface area contributed by atoms with Crippen molar-refractivity contribution in [2.75, 3.05) is 11.9 Å². The van der Waals surface area contributed by atoms with E-state index in [4.69, 9.17) is 23.2 Å². The third-order valence-electron chi connectivity index (χ3n) is 4.91. The van der Waals surface area contributed by atoms with E-state index in [2.05, 4.69) is 28.9 Å². The zero-order chi connectivity index (χ0) is 21.3. The molecule has 0 saturated carbocycles. The average molecular weight is 444 g/mol. The molecule has 30 heavy (non-hydrogen) atoms. The van der Waals surface area contributed by atoms with Gasteiger partial charge in [0.15, 0.2) is 0 Å². The molecule has 0 spiro atoms. The fourth-order valence-corrected chi connectivity index (χ4v) is 3.75. The van der Waals surface area contributed by atoms with Crippen LogP contribution in [0.5, 0.6) is 0 Å². The van der Waals surface area contributed by atoms with Crippen LogP contribution in [0.3, 0.4) is 0 Å². The number of halogens is 2. The van der Waals surface area contributed by atoms with Crippen LogP contribution in [0.15, 0.2) is 66.9 Å². The van der Waals surface area contributed by atoms with Crippen LogP contribution in [0.4, 0.5) is 10.5 Å². The molecule has 2 aromatic carbocycles. The zero-order valence-corrected chi connectivity index (χ0v) is 18.7. The lowest BCUT2D eigenvalue weighted by Crippen LogP contribution is -2.36. The Balaban J connectivity index is 1.73. The Bertz CT molecular complexity index is 970. The maximum absolute atomic E-state index is 13.0. The van der Waals surface area contributed by atoms with Gasteiger partial charge < -0.3 is 14.8 Å². The second-order valence-corrected chi connectivity index (χ2v) is 8.20. The van der Waals surface area contributed by atoms with Gasteiger partial charge in [0, 0.05) is 40.7 Å². The van der Waals surface area contributed by atoms with Gasteiger partial charge in [-0.25, -0.2) is 4.79 Å². The van der Waals surface area contributed by atoms with E-state index in [9.17, 15) is 4.79 Å². The van der Waals surface area contributed by atoms with E-state index in [1.54, 1.807) is 12.1 Å². The van der Waals surface area contributed by atoms with Gasteiger partial charge in [-0.05, 0) is 54.4 Å². The molecule has 2 amide bonds. The molecule has 3 rings (SSSR count). The molecule has 0 unspecified atom stereocenters. The summed E-state index contributed by atoms with van der Waals surface area (Å²) in [7, 11) is 0. The molecule has 0 aliphatic rings. The standard InChI is InChI=1S/C24H27Cl2N3O/c1-2-3-4-13-29(24(30)27-22-11-6-10-21(26)16-22)18-23-12-7-14-28(23)17-19-8-5-9-20(25)15-19/h5-12,14-16H,2-4,13,17-18H2,1H3,(H,27,30). The van der Waals surface area contributed by atoms with Gasteiger partial charge in [-0.3, -0.25) is 0 Å². The highest BCUT2D eigenvalue weighted by molar-refractivity contribution is 6.31. The van der Waals surface area contributed by atoms with Crippen LogP contribution in [0.25, 0.3) is 0 Å². The Morgan fingerprint density at radius 3 is 2.50 bits per heavy atom. The topological polar surface area (TPSA) is 37.3 Å². The Kier molecular flexibility index (Phi) is 8.23. The number of unbranched alkanes of at least 4 members (excludes halogenated alkanes) is 2. The Labute approximate surface area is 188 Å². The van der Waals surface area contributed by atoms with Crippen molar-refractivity contribution in [3.8, 4) is 0 Å². The summed E-state index contributed by atoms with van der Waals surface area (Å²) in [4.78, 5) is 14.9. The number of rotatable bonds is 9. The van der Waals surface area contributed by atoms with E-state index in [1.165, 1.54) is 0 Å². The van der Waals surface area contributed by atoms with E-state index < -0.39 is 0 Å². The minimum Gasteiger partial charge on any atom is -0.345 e. The highest BCUT2D eigenvalue weighted by atomic mass is 35.5. The molecule has 0 atom stereocenters. The van der Waals surface area contributed by atoms with Gasteiger partial charge in [0.2, 0.25) is 0 Å². The van der Waals surface area contributed by atoms with Crippen LogP contribution < -0.4 is 5.32 Å². The summed E-state index contributed by atoms with van der Waals surface area (Å²) in [6.45, 7) is 4.10. The molecule has 1 heterocycles. The first-order chi connectivity index (χ1) is 14.5. The van der Waals surface area contributed by atoms with Gasteiger partial charge in [-0.2, -0.15) is 0 Å². The molecule has 3 aromatic rings. The molecule has 4 nitrogen and oxygen atoms in total. The minimum absolute atomic E-state index is 0.121. The predicted octanol–water partition coefficient (Wildman–Crippen LogP) is 7.07. The lowest BCUT2D eigenvalue weighted by Gasteiger charge is -2.24. The third kappa shape index (κ3) is 6.54. The van der Waals surface area contributed by atoms with Crippen molar-refractivity contribution in [3.05, 3.63) is 88.2 Å². The van der Waals surface area contributed by atoms with Crippen molar-refractivity contribution < 1.29 is 4.79 Å². The van der Waals surface area contributed by atoms with Crippen molar-refractivity contribution >= 4 is 34.9 Å². The Hall–Kier alpha value is -2.43. The number of amides is 2. The third-order valence-corrected chi connectivity index (χ3v) is 5.38. The van der Waals surface area contributed by atoms with Gasteiger partial charge in [-0.1, -0.05) is 61.2 Å². The molecule has 0 aliphatic heterocycles. The fraction of sp³-hybridized carbons (Fsp3) is 0.292. The summed E-state index contributed by atoms with van der Waals surface area (Å²) in [5.74, 6) is 0. The molecule has 0 saturated heterocycles. The Morgan fingerprint density at radius 1 is 1.00 bits per heavy atom. The molecule has 0 aliphatic carbocycles. The van der Waals surface area contributed by atoms with Gasteiger partial charge in [0.1, 0.15) is 0 Å². The van der Waals surface area contributed by atoms with E-state index in [0.717, 1.165) is 35.5 Å². The summed E-state index contributed by atoms with van der Waals surface area (Å²) in [6, 6.07) is 19.0. The molecule has 6 heteroatoms. The highest BCUT2D eigenvalue weighted by Gasteiger charge is 2.16. The number of hydrogen-bond donors (Lipinski definition) is 1. The number of urea groups is 1. The van der Waals surface area contributed by atoms with Gasteiger partial charge in [0.05, 0.1) is 6.54 Å². The lowest BCUT2D eigenvalue weighted by atomic mass is 10.2. The first-order valence-electron chi connectivity index (χ1n) is 10.2. The predicted molar refractivity (Wildman–Crippen MR) is 125 cm³/mol. The van der Waals surface area contributed by atoms with Crippen LogP contribution >= 0.6 is 23.2 Å². The van der Waals surface area contributed by atoms with Crippen molar-refractivity contribution in [3.63, 3.8) is 0 Å². The van der Waals surface area contributed by atoms with Gasteiger partial charge in [-0.15, -0.1) is 0 Å². The van der Waals surface area contributed by atoms with Crippen LogP contribution in [0, 0.1) is 0 Å². The first kappa shape index (κ1) is 22.3. The van der Waals surface area contributed by atoms with Crippen LogP contribution in [-0.2, 0) is 13.1 Å². The molecule has 1 aromatic heterocycles. The van der Waals surface area contributed by atoms with E-state index in [1.807, 2.05) is 47.5 Å². The normalized spacial score (nSPS) is 10.8. The van der Waals surface area contributed by atoms with E-state index in [0.29, 0.717) is 30.3 Å². The number of carbonyl (C=O) groups excluding carboxylic acids is 1. The molecular weight excluding hydrogens is 417 g/mol. The van der Waals surface area contributed by atoms with Crippen molar-refractivity contribution in [1.82, 2.24) is 9.47 Å². The highest BCUT2D eigenvalue weighted by Crippen LogP contribution is 2.18. The van der Waals surface area contributed by atoms with E-state index in [-0.39, 0.29) is 6.03 Å². The fourth-order valence-electron chi connectivity index (χ4n) is 3.35. The SMILES string of the molecule is CCCCCN(Cc1cccn1Cc1cccc(Cl)c1)C(=O)Nc1cccc(Cl)c1. The molecular formula is C24H27Cl2N3O.